The van der Waals surface area contributed by atoms with Crippen molar-refractivity contribution in [1.82, 2.24) is 29.5 Å². The van der Waals surface area contributed by atoms with Crippen LogP contribution in [0.4, 0.5) is 10.3 Å². The zero-order valence-electron chi connectivity index (χ0n) is 32.8. The molecule has 1 aliphatic carbocycles. The lowest BCUT2D eigenvalue weighted by molar-refractivity contribution is -0.118. The third-order valence-corrected chi connectivity index (χ3v) is 18.7. The lowest BCUT2D eigenvalue weighted by Gasteiger charge is -2.41. The van der Waals surface area contributed by atoms with Gasteiger partial charge in [0.25, 0.3) is 5.56 Å². The van der Waals surface area contributed by atoms with Crippen LogP contribution >= 0.6 is 13.4 Å². The van der Waals surface area contributed by atoms with E-state index in [4.69, 9.17) is 60.1 Å². The van der Waals surface area contributed by atoms with E-state index in [0.29, 0.717) is 0 Å². The summed E-state index contributed by atoms with van der Waals surface area (Å²) in [5, 5.41) is 11.7. The smallest absolute Gasteiger partial charge is 0.327 e. The molecule has 1 saturated carbocycles. The molecule has 2 bridgehead atoms. The number of ether oxygens (including phenoxy) is 2. The molecule has 19 nitrogen and oxygen atoms in total. The zero-order valence-corrected chi connectivity index (χ0v) is 37.3. The van der Waals surface area contributed by atoms with E-state index in [1.807, 2.05) is 39.9 Å². The van der Waals surface area contributed by atoms with Gasteiger partial charge in [0.1, 0.15) is 36.8 Å². The molecule has 25 heteroatoms. The van der Waals surface area contributed by atoms with Gasteiger partial charge in [-0.05, 0) is 48.2 Å². The number of rotatable bonds is 10. The van der Waals surface area contributed by atoms with Crippen molar-refractivity contribution in [2.24, 2.45) is 11.8 Å². The highest BCUT2D eigenvalue weighted by molar-refractivity contribution is 8.07. The number of anilines is 1. The summed E-state index contributed by atoms with van der Waals surface area (Å²) >= 11 is 11.5. The van der Waals surface area contributed by atoms with Crippen LogP contribution in [0.25, 0.3) is 11.2 Å². The Balaban J connectivity index is 1.44. The van der Waals surface area contributed by atoms with Gasteiger partial charge in [0.15, 0.2) is 31.9 Å². The van der Waals surface area contributed by atoms with Crippen LogP contribution < -0.4 is 15.6 Å². The van der Waals surface area contributed by atoms with Gasteiger partial charge in [0, 0.05) is 24.1 Å². The van der Waals surface area contributed by atoms with Crippen LogP contribution in [0.2, 0.25) is 18.1 Å². The number of fused-ring (bicyclic) bond motifs is 4. The fraction of sp³-hybridized carbons (Fsp3) is 0.667. The molecule has 1 unspecified atom stereocenters. The number of amides is 1. The normalized spacial score (nSPS) is 32.2. The summed E-state index contributed by atoms with van der Waals surface area (Å²) in [6.45, 7) is 4.44. The summed E-state index contributed by atoms with van der Waals surface area (Å²) in [6, 6.07) is 3.49. The number of aromatic amines is 1. The second kappa shape index (κ2) is 17.7. The predicted molar refractivity (Wildman–Crippen MR) is 216 cm³/mol. The highest BCUT2D eigenvalue weighted by atomic mass is 32.5. The summed E-state index contributed by atoms with van der Waals surface area (Å²) in [5.41, 5.74) is -0.698. The van der Waals surface area contributed by atoms with Crippen LogP contribution in [0.15, 0.2) is 29.7 Å². The molecular weight excluding hydrogens is 858 g/mol. The number of carbonyl (C=O) groups is 1. The Morgan fingerprint density at radius 2 is 1.98 bits per heavy atom. The Bertz CT molecular complexity index is 2160. The van der Waals surface area contributed by atoms with Crippen LogP contribution in [0.5, 0.6) is 5.88 Å². The molecule has 3 aromatic heterocycles. The van der Waals surface area contributed by atoms with Gasteiger partial charge in [0.2, 0.25) is 17.7 Å². The predicted octanol–water partition coefficient (Wildman–Crippen LogP) is 4.79. The molecule has 0 spiro atoms. The number of halogens is 1. The number of imidazole rings is 1. The third-order valence-electron chi connectivity index (χ3n) is 10.3. The molecule has 58 heavy (non-hydrogen) atoms. The first-order valence-corrected chi connectivity index (χ1v) is 26.5. The average Bonchev–Trinajstić information content (AvgIpc) is 3.79. The van der Waals surface area contributed by atoms with Gasteiger partial charge in [0.05, 0.1) is 38.6 Å². The van der Waals surface area contributed by atoms with Crippen molar-refractivity contribution in [3.05, 3.63) is 35.3 Å². The molecule has 1 amide bonds. The Labute approximate surface area is 345 Å². The zero-order chi connectivity index (χ0) is 42.2. The lowest BCUT2D eigenvalue weighted by Crippen LogP contribution is -2.50. The van der Waals surface area contributed by atoms with E-state index in [1.54, 1.807) is 13.8 Å². The molecule has 10 atom stereocenters. The van der Waals surface area contributed by atoms with Gasteiger partial charge >= 0.3 is 13.4 Å². The minimum absolute atomic E-state index is 0.0166. The highest BCUT2D eigenvalue weighted by Crippen LogP contribution is 2.58. The monoisotopic (exact) mass is 904 g/mol. The molecule has 3 fully saturated rings. The van der Waals surface area contributed by atoms with Crippen molar-refractivity contribution in [2.45, 2.75) is 109 Å². The Hall–Kier alpha value is -2.68. The van der Waals surface area contributed by atoms with Crippen LogP contribution in [0.1, 0.15) is 53.7 Å². The van der Waals surface area contributed by atoms with Gasteiger partial charge < -0.3 is 36.9 Å². The topological polar surface area (TPSA) is 236 Å². The van der Waals surface area contributed by atoms with Gasteiger partial charge in [-0.3, -0.25) is 29.0 Å². The quantitative estimate of drug-likeness (QED) is 0.141. The molecule has 0 aromatic carbocycles. The van der Waals surface area contributed by atoms with Gasteiger partial charge in [-0.2, -0.15) is 10.2 Å². The van der Waals surface area contributed by atoms with E-state index in [1.165, 1.54) is 29.5 Å². The van der Waals surface area contributed by atoms with Crippen LogP contribution in [-0.2, 0) is 60.2 Å². The van der Waals surface area contributed by atoms with Crippen molar-refractivity contribution in [3.63, 3.8) is 0 Å². The first kappa shape index (κ1) is 44.9. The van der Waals surface area contributed by atoms with E-state index in [-0.39, 0.29) is 54.1 Å². The summed E-state index contributed by atoms with van der Waals surface area (Å²) in [5.74, 6) is -1.64. The fourth-order valence-corrected chi connectivity index (χ4v) is 11.1. The van der Waals surface area contributed by atoms with Gasteiger partial charge in [-0.15, -0.1) is 0 Å². The number of aromatic nitrogens is 6. The Kier molecular flexibility index (Phi) is 13.7. The molecule has 5 heterocycles. The fourth-order valence-electron chi connectivity index (χ4n) is 6.22. The molecule has 3 N–H and O–H groups in total. The van der Waals surface area contributed by atoms with Gasteiger partial charge in [-0.1, -0.05) is 34.6 Å². The van der Waals surface area contributed by atoms with Crippen LogP contribution in [0, 0.1) is 23.2 Å². The maximum absolute atomic E-state index is 16.3. The molecule has 3 aliphatic rings. The summed E-state index contributed by atoms with van der Waals surface area (Å²) < 4.78 is 68.1. The van der Waals surface area contributed by atoms with E-state index in [2.05, 4.69) is 30.2 Å². The molecule has 2 saturated heterocycles. The molecule has 318 valence electrons. The second-order valence-corrected chi connectivity index (χ2v) is 26.3. The number of nitrogens with one attached hydrogen (secondary N) is 2. The van der Waals surface area contributed by atoms with Crippen molar-refractivity contribution < 1.29 is 50.6 Å². The highest BCUT2D eigenvalue weighted by Gasteiger charge is 2.56. The summed E-state index contributed by atoms with van der Waals surface area (Å²) in [6.07, 6.45) is -4.83. The number of hydrogen-bond donors (Lipinski definition) is 3. The molecular formula is C33H47FN8O11P2S2Si. The Morgan fingerprint density at radius 3 is 2.66 bits per heavy atom. The van der Waals surface area contributed by atoms with Crippen molar-refractivity contribution in [2.75, 3.05) is 25.1 Å². The minimum Gasteiger partial charge on any atom is -0.471 e. The minimum atomic E-state index is -4.23. The Morgan fingerprint density at radius 1 is 1.22 bits per heavy atom. The van der Waals surface area contributed by atoms with Crippen molar-refractivity contribution >= 4 is 68.4 Å². The van der Waals surface area contributed by atoms with E-state index in [0.717, 1.165) is 0 Å². The second-order valence-electron chi connectivity index (χ2n) is 15.8. The van der Waals surface area contributed by atoms with E-state index >= 15 is 4.39 Å². The van der Waals surface area contributed by atoms with E-state index < -0.39 is 94.6 Å². The van der Waals surface area contributed by atoms with E-state index in [9.17, 15) is 19.7 Å². The number of hydrogen-bond acceptors (Lipinski definition) is 17. The molecule has 2 aliphatic heterocycles. The number of H-pyrrole nitrogens is 1. The standard InChI is InChI=1S/C33H47FN8O11P2S2Si/c1-18(2)29(43)40-32-39-28-24(30(44)41-32)38-17-42(28)31-27-26(53-58(6,7)33(3,4)5)21(50-31)15-47-54(45,56)51-25-19(14-48-55(57,52-27)46-12-8-10-35)13-20(23(25)34)49-22-9-11-36-16-37-22/h9,11,16-21,23,25-27,31H,8,12-15H2,1-7H3,(H,45,56)(H2,39,40,41,43,44)/t19-,20-,21-,23+,25-,26-,27-,31-,54?,55+/m1/s1. The van der Waals surface area contributed by atoms with Gasteiger partial charge in [-0.25, -0.2) is 19.3 Å². The summed E-state index contributed by atoms with van der Waals surface area (Å²) in [7, 11) is -2.72. The number of nitriles is 1. The van der Waals surface area contributed by atoms with Crippen molar-refractivity contribution in [3.8, 4) is 11.9 Å². The largest absolute Gasteiger partial charge is 0.471 e. The third kappa shape index (κ3) is 10.1. The maximum atomic E-state index is 16.3. The molecule has 0 radical (unpaired) electrons. The lowest BCUT2D eigenvalue weighted by atomic mass is 10.1. The maximum Gasteiger partial charge on any atom is 0.327 e. The first-order chi connectivity index (χ1) is 27.2. The van der Waals surface area contributed by atoms with Crippen molar-refractivity contribution in [1.29, 1.82) is 5.26 Å². The molecule has 6 rings (SSSR count). The number of carbonyl (C=O) groups excluding carboxylic acids is 1. The van der Waals surface area contributed by atoms with Crippen LogP contribution in [0.3, 0.4) is 0 Å². The summed E-state index contributed by atoms with van der Waals surface area (Å²) in [4.78, 5) is 56.6. The van der Waals surface area contributed by atoms with Crippen LogP contribution in [-0.4, -0.2) is 105 Å². The number of alkyl halides is 1. The SMILES string of the molecule is CC(C)C(=O)Nc1nc2c(ncn2[C@@H]2O[C@@H]3COP(O)(=S)O[C@@H]4[C@@H](CO[P@@](=S)(OCCC#N)O[C@@H]2[C@@H]3O[Si](C)(C)C(C)(C)C)C[C@@H](Oc2ccncn2)[C@@H]4F)c(=O)[nH]1. The number of nitrogens with zero attached hydrogens (tertiary/aromatic N) is 6. The first-order valence-electron chi connectivity index (χ1n) is 18.5. The average molecular weight is 905 g/mol. The molecule has 3 aromatic rings.